The van der Waals surface area contributed by atoms with Gasteiger partial charge in [-0.25, -0.2) is 0 Å². The largest absolute Gasteiger partial charge is 0.493 e. The lowest BCUT2D eigenvalue weighted by Gasteiger charge is -2.40. The number of nitrogens with two attached hydrogens (primary N) is 1. The molecule has 0 saturated carbocycles. The van der Waals surface area contributed by atoms with E-state index < -0.39 is 0 Å². The molecule has 0 aliphatic carbocycles. The lowest BCUT2D eigenvalue weighted by Crippen LogP contribution is -2.51. The Morgan fingerprint density at radius 2 is 2.05 bits per heavy atom. The van der Waals surface area contributed by atoms with Gasteiger partial charge in [-0.3, -0.25) is 4.90 Å². The Labute approximate surface area is 122 Å². The third-order valence-electron chi connectivity index (χ3n) is 3.92. The Morgan fingerprint density at radius 3 is 2.70 bits per heavy atom. The molecule has 0 spiro atoms. The first kappa shape index (κ1) is 15.0. The second-order valence-corrected chi connectivity index (χ2v) is 5.53. The highest BCUT2D eigenvalue weighted by atomic mass is 16.5. The Morgan fingerprint density at radius 1 is 1.25 bits per heavy atom. The van der Waals surface area contributed by atoms with Crippen molar-refractivity contribution in [3.05, 3.63) is 18.2 Å². The summed E-state index contributed by atoms with van der Waals surface area (Å²) in [4.78, 5) is 4.92. The van der Waals surface area contributed by atoms with Gasteiger partial charge in [-0.05, 0) is 26.0 Å². The smallest absolute Gasteiger partial charge is 0.123 e. The van der Waals surface area contributed by atoms with Crippen molar-refractivity contribution in [2.75, 3.05) is 43.4 Å². The summed E-state index contributed by atoms with van der Waals surface area (Å²) in [6.07, 6.45) is 1.01. The quantitative estimate of drug-likeness (QED) is 0.840. The summed E-state index contributed by atoms with van der Waals surface area (Å²) >= 11 is 0. The Balaban J connectivity index is 2.10. The molecule has 1 saturated heterocycles. The fourth-order valence-corrected chi connectivity index (χ4v) is 2.79. The number of likely N-dealkylation sites (N-methyl/N-ethyl adjacent to an activating group) is 1. The highest BCUT2D eigenvalue weighted by Crippen LogP contribution is 2.27. The summed E-state index contributed by atoms with van der Waals surface area (Å²) in [6.45, 7) is 11.7. The molecule has 4 nitrogen and oxygen atoms in total. The normalized spacial score (nSPS) is 20.1. The summed E-state index contributed by atoms with van der Waals surface area (Å²) in [5, 5.41) is 0. The Bertz CT molecular complexity index is 436. The van der Waals surface area contributed by atoms with Gasteiger partial charge < -0.3 is 15.4 Å². The van der Waals surface area contributed by atoms with Crippen molar-refractivity contribution in [2.45, 2.75) is 33.2 Å². The van der Waals surface area contributed by atoms with Crippen molar-refractivity contribution in [3.8, 4) is 5.75 Å². The SMILES string of the molecule is CCCOc1cc(N)cc(N2CCN(CC)C(C)C2)c1. The molecule has 0 amide bonds. The molecular weight excluding hydrogens is 250 g/mol. The summed E-state index contributed by atoms with van der Waals surface area (Å²) < 4.78 is 5.72. The van der Waals surface area contributed by atoms with E-state index in [1.807, 2.05) is 12.1 Å². The van der Waals surface area contributed by atoms with E-state index >= 15 is 0 Å². The van der Waals surface area contributed by atoms with Gasteiger partial charge in [0.15, 0.2) is 0 Å². The van der Waals surface area contributed by atoms with E-state index in [9.17, 15) is 0 Å². The molecule has 1 atom stereocenters. The van der Waals surface area contributed by atoms with Crippen LogP contribution >= 0.6 is 0 Å². The summed E-state index contributed by atoms with van der Waals surface area (Å²) in [5.74, 6) is 0.882. The molecule has 112 valence electrons. The molecule has 1 unspecified atom stereocenters. The van der Waals surface area contributed by atoms with Crippen LogP contribution in [0, 0.1) is 0 Å². The van der Waals surface area contributed by atoms with Gasteiger partial charge in [0, 0.05) is 49.2 Å². The second kappa shape index (κ2) is 6.84. The Hall–Kier alpha value is -1.42. The molecule has 2 rings (SSSR count). The molecule has 0 aromatic heterocycles. The van der Waals surface area contributed by atoms with Gasteiger partial charge in [-0.1, -0.05) is 13.8 Å². The van der Waals surface area contributed by atoms with Crippen LogP contribution in [0.4, 0.5) is 11.4 Å². The minimum atomic E-state index is 0.579. The van der Waals surface area contributed by atoms with E-state index in [2.05, 4.69) is 36.6 Å². The summed E-state index contributed by atoms with van der Waals surface area (Å²) in [5.41, 5.74) is 7.97. The first-order valence-corrected chi connectivity index (χ1v) is 7.66. The van der Waals surface area contributed by atoms with Crippen molar-refractivity contribution >= 4 is 11.4 Å². The van der Waals surface area contributed by atoms with Crippen LogP contribution in [0.15, 0.2) is 18.2 Å². The first-order chi connectivity index (χ1) is 9.63. The zero-order valence-corrected chi connectivity index (χ0v) is 12.9. The number of anilines is 2. The molecule has 1 heterocycles. The average Bonchev–Trinajstić information content (AvgIpc) is 2.44. The molecule has 1 aromatic rings. The van der Waals surface area contributed by atoms with Crippen molar-refractivity contribution in [3.63, 3.8) is 0 Å². The molecule has 2 N–H and O–H groups in total. The standard InChI is InChI=1S/C16H27N3O/c1-4-8-20-16-10-14(17)9-15(11-16)19-7-6-18(5-2)13(3)12-19/h9-11,13H,4-8,12,17H2,1-3H3. The van der Waals surface area contributed by atoms with Crippen LogP contribution in [-0.4, -0.2) is 43.7 Å². The highest BCUT2D eigenvalue weighted by Gasteiger charge is 2.22. The zero-order valence-electron chi connectivity index (χ0n) is 12.9. The molecule has 1 fully saturated rings. The molecule has 0 radical (unpaired) electrons. The lowest BCUT2D eigenvalue weighted by molar-refractivity contribution is 0.199. The Kier molecular flexibility index (Phi) is 5.12. The molecule has 1 aromatic carbocycles. The fraction of sp³-hybridized carbons (Fsp3) is 0.625. The van der Waals surface area contributed by atoms with Gasteiger partial charge in [-0.15, -0.1) is 0 Å². The predicted octanol–water partition coefficient (Wildman–Crippen LogP) is 2.59. The van der Waals surface area contributed by atoms with Crippen LogP contribution in [0.1, 0.15) is 27.2 Å². The minimum Gasteiger partial charge on any atom is -0.493 e. The van der Waals surface area contributed by atoms with E-state index in [0.717, 1.165) is 50.6 Å². The van der Waals surface area contributed by atoms with Gasteiger partial charge in [0.2, 0.25) is 0 Å². The summed E-state index contributed by atoms with van der Waals surface area (Å²) in [6, 6.07) is 6.65. The number of rotatable bonds is 5. The maximum absolute atomic E-state index is 6.01. The highest BCUT2D eigenvalue weighted by molar-refractivity contribution is 5.61. The van der Waals surface area contributed by atoms with E-state index in [4.69, 9.17) is 10.5 Å². The monoisotopic (exact) mass is 277 g/mol. The maximum atomic E-state index is 6.01. The van der Waals surface area contributed by atoms with E-state index in [-0.39, 0.29) is 0 Å². The van der Waals surface area contributed by atoms with Crippen LogP contribution in [0.3, 0.4) is 0 Å². The van der Waals surface area contributed by atoms with Crippen molar-refractivity contribution < 1.29 is 4.74 Å². The van der Waals surface area contributed by atoms with Gasteiger partial charge in [0.05, 0.1) is 6.61 Å². The average molecular weight is 277 g/mol. The number of ether oxygens (including phenoxy) is 1. The molecular formula is C16H27N3O. The lowest BCUT2D eigenvalue weighted by atomic mass is 10.1. The van der Waals surface area contributed by atoms with Gasteiger partial charge >= 0.3 is 0 Å². The number of piperazine rings is 1. The van der Waals surface area contributed by atoms with Gasteiger partial charge in [0.1, 0.15) is 5.75 Å². The predicted molar refractivity (Wildman–Crippen MR) is 85.6 cm³/mol. The summed E-state index contributed by atoms with van der Waals surface area (Å²) in [7, 11) is 0. The molecule has 1 aliphatic heterocycles. The third kappa shape index (κ3) is 3.57. The number of hydrogen-bond donors (Lipinski definition) is 1. The van der Waals surface area contributed by atoms with Gasteiger partial charge in [0.25, 0.3) is 0 Å². The van der Waals surface area contributed by atoms with E-state index in [1.54, 1.807) is 0 Å². The van der Waals surface area contributed by atoms with E-state index in [1.165, 1.54) is 5.69 Å². The van der Waals surface area contributed by atoms with Crippen LogP contribution in [0.5, 0.6) is 5.75 Å². The van der Waals surface area contributed by atoms with E-state index in [0.29, 0.717) is 6.04 Å². The molecule has 20 heavy (non-hydrogen) atoms. The van der Waals surface area contributed by atoms with Crippen LogP contribution in [0.2, 0.25) is 0 Å². The number of nitrogen functional groups attached to an aromatic ring is 1. The van der Waals surface area contributed by atoms with Crippen molar-refractivity contribution in [2.24, 2.45) is 0 Å². The zero-order chi connectivity index (χ0) is 14.5. The molecule has 4 heteroatoms. The first-order valence-electron chi connectivity index (χ1n) is 7.66. The number of nitrogens with zero attached hydrogens (tertiary/aromatic N) is 2. The third-order valence-corrected chi connectivity index (χ3v) is 3.92. The number of benzene rings is 1. The fourth-order valence-electron chi connectivity index (χ4n) is 2.79. The topological polar surface area (TPSA) is 41.7 Å². The maximum Gasteiger partial charge on any atom is 0.123 e. The van der Waals surface area contributed by atoms with Gasteiger partial charge in [-0.2, -0.15) is 0 Å². The number of hydrogen-bond acceptors (Lipinski definition) is 4. The van der Waals surface area contributed by atoms with Crippen molar-refractivity contribution in [1.29, 1.82) is 0 Å². The second-order valence-electron chi connectivity index (χ2n) is 5.53. The molecule has 0 bridgehead atoms. The van der Waals surface area contributed by atoms with Crippen molar-refractivity contribution in [1.82, 2.24) is 4.90 Å². The van der Waals surface area contributed by atoms with Crippen LogP contribution < -0.4 is 15.4 Å². The van der Waals surface area contributed by atoms with Crippen LogP contribution in [-0.2, 0) is 0 Å². The molecule has 1 aliphatic rings. The van der Waals surface area contributed by atoms with Crippen LogP contribution in [0.25, 0.3) is 0 Å². The minimum absolute atomic E-state index is 0.579.